The minimum absolute atomic E-state index is 0.00542. The molecule has 5 rings (SSSR count). The molecule has 0 saturated heterocycles. The van der Waals surface area contributed by atoms with Gasteiger partial charge in [0.1, 0.15) is 11.4 Å². The monoisotopic (exact) mass is 441 g/mol. The highest BCUT2D eigenvalue weighted by atomic mass is 15.1. The number of aromatic nitrogens is 2. The molecule has 34 heavy (non-hydrogen) atoms. The van der Waals surface area contributed by atoms with Crippen LogP contribution >= 0.6 is 0 Å². The van der Waals surface area contributed by atoms with E-state index in [1.807, 2.05) is 6.07 Å². The van der Waals surface area contributed by atoms with E-state index in [0.29, 0.717) is 0 Å². The first-order valence-corrected chi connectivity index (χ1v) is 11.7. The average Bonchev–Trinajstić information content (AvgIpc) is 2.89. The predicted molar refractivity (Wildman–Crippen MR) is 141 cm³/mol. The van der Waals surface area contributed by atoms with Gasteiger partial charge >= 0.3 is 5.82 Å². The predicted octanol–water partition coefficient (Wildman–Crippen LogP) is 7.66. The van der Waals surface area contributed by atoms with Crippen molar-refractivity contribution < 1.29 is 4.57 Å². The fraction of sp³-hybridized carbons (Fsp3) is 0.125. The van der Waals surface area contributed by atoms with E-state index in [9.17, 15) is 0 Å². The molecule has 0 saturated carbocycles. The molecular formula is C32H29N2+. The van der Waals surface area contributed by atoms with Crippen molar-refractivity contribution in [1.29, 1.82) is 0 Å². The number of hydrogen-bond acceptors (Lipinski definition) is 1. The molecule has 2 nitrogen and oxygen atoms in total. The molecule has 0 atom stereocenters. The largest absolute Gasteiger partial charge is 0.329 e. The van der Waals surface area contributed by atoms with E-state index >= 15 is 0 Å². The van der Waals surface area contributed by atoms with E-state index in [2.05, 4.69) is 141 Å². The quantitative estimate of drug-likeness (QED) is 0.262. The van der Waals surface area contributed by atoms with Crippen LogP contribution in [0.25, 0.3) is 39.6 Å². The summed E-state index contributed by atoms with van der Waals surface area (Å²) in [7, 11) is 0. The highest BCUT2D eigenvalue weighted by Gasteiger charge is 2.26. The van der Waals surface area contributed by atoms with Crippen molar-refractivity contribution in [3.63, 3.8) is 0 Å². The maximum absolute atomic E-state index is 5.14. The number of nitrogens with zero attached hydrogens (tertiary/aromatic N) is 2. The Bertz CT molecular complexity index is 1340. The third-order valence-electron chi connectivity index (χ3n) is 6.10. The fourth-order valence-electron chi connectivity index (χ4n) is 4.24. The lowest BCUT2D eigenvalue weighted by atomic mass is 9.85. The maximum atomic E-state index is 5.14. The molecule has 166 valence electrons. The molecule has 3 aromatic carbocycles. The van der Waals surface area contributed by atoms with Gasteiger partial charge in [-0.15, -0.1) is 0 Å². The number of benzene rings is 3. The van der Waals surface area contributed by atoms with Crippen molar-refractivity contribution in [2.24, 2.45) is 0 Å². The minimum Gasteiger partial charge on any atom is -0.189 e. The van der Waals surface area contributed by atoms with E-state index < -0.39 is 0 Å². The Morgan fingerprint density at radius 3 is 1.47 bits per heavy atom. The van der Waals surface area contributed by atoms with Crippen LogP contribution in [0.3, 0.4) is 0 Å². The number of rotatable bonds is 4. The molecule has 0 aliphatic heterocycles. The molecule has 0 radical (unpaired) electrons. The standard InChI is InChI=1S/C32H29N2/c1-32(2,3)27-22-29(25-16-9-5-10-17-25)34(30(23-27)26-18-11-6-12-19-26)31-21-13-20-28(33-31)24-14-7-4-8-15-24/h4-23H,1-3H3/q+1. The van der Waals surface area contributed by atoms with Crippen LogP contribution in [0.5, 0.6) is 0 Å². The highest BCUT2D eigenvalue weighted by molar-refractivity contribution is 5.65. The fourth-order valence-corrected chi connectivity index (χ4v) is 4.24. The highest BCUT2D eigenvalue weighted by Crippen LogP contribution is 2.31. The Labute approximate surface area is 202 Å². The Morgan fingerprint density at radius 1 is 0.529 bits per heavy atom. The molecule has 0 amide bonds. The van der Waals surface area contributed by atoms with Gasteiger partial charge in [0.25, 0.3) is 0 Å². The summed E-state index contributed by atoms with van der Waals surface area (Å²) in [5, 5.41) is 0. The first kappa shape index (κ1) is 21.8. The van der Waals surface area contributed by atoms with Gasteiger partial charge in [0.15, 0.2) is 5.69 Å². The Balaban J connectivity index is 1.84. The smallest absolute Gasteiger partial charge is 0.189 e. The zero-order valence-corrected chi connectivity index (χ0v) is 19.9. The lowest BCUT2D eigenvalue weighted by Crippen LogP contribution is -2.38. The van der Waals surface area contributed by atoms with Crippen molar-refractivity contribution in [2.45, 2.75) is 26.2 Å². The number of pyridine rings is 2. The molecule has 0 bridgehead atoms. The normalized spacial score (nSPS) is 11.4. The minimum atomic E-state index is 0.00542. The lowest BCUT2D eigenvalue weighted by Gasteiger charge is -2.22. The van der Waals surface area contributed by atoms with Crippen LogP contribution < -0.4 is 4.57 Å². The molecule has 2 aromatic heterocycles. The van der Waals surface area contributed by atoms with Crippen LogP contribution in [0.2, 0.25) is 0 Å². The van der Waals surface area contributed by atoms with Crippen LogP contribution in [-0.4, -0.2) is 4.98 Å². The second-order valence-electron chi connectivity index (χ2n) is 9.58. The Morgan fingerprint density at radius 2 is 1.00 bits per heavy atom. The Hall–Kier alpha value is -4.04. The number of hydrogen-bond donors (Lipinski definition) is 0. The average molecular weight is 442 g/mol. The van der Waals surface area contributed by atoms with E-state index in [1.165, 1.54) is 5.56 Å². The van der Waals surface area contributed by atoms with Gasteiger partial charge in [-0.3, -0.25) is 0 Å². The van der Waals surface area contributed by atoms with Crippen LogP contribution in [0.4, 0.5) is 0 Å². The molecule has 0 N–H and O–H groups in total. The van der Waals surface area contributed by atoms with Gasteiger partial charge in [-0.25, -0.2) is 0 Å². The van der Waals surface area contributed by atoms with E-state index in [0.717, 1.165) is 39.6 Å². The summed E-state index contributed by atoms with van der Waals surface area (Å²) in [4.78, 5) is 5.14. The molecule has 2 heteroatoms. The van der Waals surface area contributed by atoms with Crippen molar-refractivity contribution >= 4 is 0 Å². The summed E-state index contributed by atoms with van der Waals surface area (Å²) in [6.07, 6.45) is 0. The van der Waals surface area contributed by atoms with Gasteiger partial charge in [-0.1, -0.05) is 112 Å². The summed E-state index contributed by atoms with van der Waals surface area (Å²) >= 11 is 0. The molecule has 2 heterocycles. The van der Waals surface area contributed by atoms with Crippen molar-refractivity contribution in [1.82, 2.24) is 4.98 Å². The van der Waals surface area contributed by atoms with Gasteiger partial charge in [0.05, 0.1) is 0 Å². The van der Waals surface area contributed by atoms with E-state index in [1.54, 1.807) is 0 Å². The second kappa shape index (κ2) is 9.07. The summed E-state index contributed by atoms with van der Waals surface area (Å²) in [5.41, 5.74) is 7.96. The van der Waals surface area contributed by atoms with Crippen molar-refractivity contribution in [2.75, 3.05) is 0 Å². The molecule has 0 unspecified atom stereocenters. The van der Waals surface area contributed by atoms with Gasteiger partial charge in [-0.2, -0.15) is 4.57 Å². The van der Waals surface area contributed by atoms with Crippen LogP contribution in [-0.2, 0) is 5.41 Å². The molecule has 0 aliphatic carbocycles. The molecule has 0 spiro atoms. The van der Waals surface area contributed by atoms with Gasteiger partial charge in [0, 0.05) is 22.8 Å². The topological polar surface area (TPSA) is 16.8 Å². The Kier molecular flexibility index (Phi) is 5.81. The summed E-state index contributed by atoms with van der Waals surface area (Å²) in [6, 6.07) is 42.5. The maximum Gasteiger partial charge on any atom is 0.329 e. The van der Waals surface area contributed by atoms with Crippen molar-refractivity contribution in [3.8, 4) is 39.6 Å². The third kappa shape index (κ3) is 4.40. The van der Waals surface area contributed by atoms with Crippen LogP contribution in [0, 0.1) is 0 Å². The summed E-state index contributed by atoms with van der Waals surface area (Å²) in [6.45, 7) is 6.81. The van der Waals surface area contributed by atoms with E-state index in [-0.39, 0.29) is 5.41 Å². The lowest BCUT2D eigenvalue weighted by molar-refractivity contribution is -0.576. The second-order valence-corrected chi connectivity index (χ2v) is 9.58. The van der Waals surface area contributed by atoms with Gasteiger partial charge < -0.3 is 0 Å². The zero-order valence-electron chi connectivity index (χ0n) is 19.9. The molecule has 5 aromatic rings. The zero-order chi connectivity index (χ0) is 23.5. The third-order valence-corrected chi connectivity index (χ3v) is 6.10. The van der Waals surface area contributed by atoms with Gasteiger partial charge in [-0.05, 0) is 40.2 Å². The van der Waals surface area contributed by atoms with Crippen LogP contribution in [0.15, 0.2) is 121 Å². The SMILES string of the molecule is CC(C)(C)c1cc(-c2ccccc2)[n+](-c2cccc(-c3ccccc3)n2)c(-c2ccccc2)c1. The van der Waals surface area contributed by atoms with Gasteiger partial charge in [0.2, 0.25) is 0 Å². The first-order valence-electron chi connectivity index (χ1n) is 11.7. The summed E-state index contributed by atoms with van der Waals surface area (Å²) in [5.74, 6) is 0.902. The van der Waals surface area contributed by atoms with E-state index in [4.69, 9.17) is 4.98 Å². The molecule has 0 fully saturated rings. The van der Waals surface area contributed by atoms with Crippen LogP contribution in [0.1, 0.15) is 26.3 Å². The first-order chi connectivity index (χ1) is 16.5. The van der Waals surface area contributed by atoms with Crippen molar-refractivity contribution in [3.05, 3.63) is 127 Å². The molecule has 0 aliphatic rings. The summed E-state index contributed by atoms with van der Waals surface area (Å²) < 4.78 is 2.30. The molecular weight excluding hydrogens is 412 g/mol.